The van der Waals surface area contributed by atoms with Gasteiger partial charge in [0.25, 0.3) is 0 Å². The summed E-state index contributed by atoms with van der Waals surface area (Å²) in [6.07, 6.45) is 6.14. The van der Waals surface area contributed by atoms with Crippen LogP contribution in [0.15, 0.2) is 28.9 Å². The van der Waals surface area contributed by atoms with Gasteiger partial charge in [-0.15, -0.1) is 11.3 Å². The number of sulfonamides is 1. The Morgan fingerprint density at radius 2 is 2.24 bits per heavy atom. The summed E-state index contributed by atoms with van der Waals surface area (Å²) in [5.74, 6) is 0. The van der Waals surface area contributed by atoms with E-state index in [0.717, 1.165) is 18.0 Å². The van der Waals surface area contributed by atoms with Crippen molar-refractivity contribution < 1.29 is 8.42 Å². The summed E-state index contributed by atoms with van der Waals surface area (Å²) < 4.78 is 28.4. The lowest BCUT2D eigenvalue weighted by atomic mass is 10.4. The largest absolute Gasteiger partial charge is 0.320 e. The van der Waals surface area contributed by atoms with E-state index in [4.69, 9.17) is 0 Å². The van der Waals surface area contributed by atoms with Crippen molar-refractivity contribution in [2.45, 2.75) is 24.3 Å². The lowest BCUT2D eigenvalue weighted by Gasteiger charge is -2.03. The molecule has 0 saturated heterocycles. The molecular formula is C12H19N5O2S2. The van der Waals surface area contributed by atoms with Crippen LogP contribution in [0.4, 0.5) is 0 Å². The van der Waals surface area contributed by atoms with Gasteiger partial charge in [0.2, 0.25) is 10.0 Å². The van der Waals surface area contributed by atoms with Crippen LogP contribution in [0.25, 0.3) is 0 Å². The van der Waals surface area contributed by atoms with Crippen molar-refractivity contribution in [3.8, 4) is 0 Å². The van der Waals surface area contributed by atoms with Crippen molar-refractivity contribution in [3.05, 3.63) is 29.0 Å². The smallest absolute Gasteiger partial charge is 0.243 e. The maximum atomic E-state index is 12.1. The monoisotopic (exact) mass is 329 g/mol. The van der Waals surface area contributed by atoms with E-state index >= 15 is 0 Å². The third kappa shape index (κ3) is 4.88. The molecule has 2 rings (SSSR count). The minimum atomic E-state index is -3.50. The Balaban J connectivity index is 1.86. The number of aromatic nitrogens is 3. The molecule has 21 heavy (non-hydrogen) atoms. The van der Waals surface area contributed by atoms with Crippen LogP contribution in [0.5, 0.6) is 0 Å². The van der Waals surface area contributed by atoms with Gasteiger partial charge in [-0.2, -0.15) is 5.10 Å². The number of hydrogen-bond donors (Lipinski definition) is 2. The summed E-state index contributed by atoms with van der Waals surface area (Å²) in [4.78, 5) is 4.32. The molecule has 0 unspecified atom stereocenters. The van der Waals surface area contributed by atoms with Crippen molar-refractivity contribution in [1.82, 2.24) is 24.8 Å². The molecule has 7 nitrogen and oxygen atoms in total. The number of nitrogens with one attached hydrogen (secondary N) is 2. The van der Waals surface area contributed by atoms with Crippen molar-refractivity contribution in [3.63, 3.8) is 0 Å². The highest BCUT2D eigenvalue weighted by Gasteiger charge is 2.16. The summed E-state index contributed by atoms with van der Waals surface area (Å²) in [5.41, 5.74) is 0. The number of thiazole rings is 1. The van der Waals surface area contributed by atoms with Gasteiger partial charge in [-0.3, -0.25) is 4.68 Å². The summed E-state index contributed by atoms with van der Waals surface area (Å²) in [5, 5.41) is 9.90. The van der Waals surface area contributed by atoms with E-state index in [1.54, 1.807) is 17.1 Å². The summed E-state index contributed by atoms with van der Waals surface area (Å²) in [7, 11) is -1.62. The Morgan fingerprint density at radius 3 is 2.95 bits per heavy atom. The fraction of sp³-hybridized carbons (Fsp3) is 0.500. The molecule has 0 radical (unpaired) electrons. The fourth-order valence-electron chi connectivity index (χ4n) is 1.78. The van der Waals surface area contributed by atoms with Crippen LogP contribution >= 0.6 is 11.3 Å². The van der Waals surface area contributed by atoms with Gasteiger partial charge in [-0.25, -0.2) is 18.1 Å². The van der Waals surface area contributed by atoms with Crippen LogP contribution in [0.2, 0.25) is 0 Å². The van der Waals surface area contributed by atoms with E-state index in [1.807, 2.05) is 12.4 Å². The maximum absolute atomic E-state index is 12.1. The SMILES string of the molecule is CNCCCn1cc(S(=O)(=O)NCCc2nccs2)cn1. The minimum absolute atomic E-state index is 0.200. The molecule has 2 aromatic heterocycles. The second kappa shape index (κ2) is 7.64. The number of rotatable bonds is 9. The van der Waals surface area contributed by atoms with E-state index in [-0.39, 0.29) is 4.90 Å². The first-order valence-corrected chi connectivity index (χ1v) is 9.03. The maximum Gasteiger partial charge on any atom is 0.243 e. The Bertz CT molecular complexity index is 636. The van der Waals surface area contributed by atoms with Gasteiger partial charge in [0.1, 0.15) is 4.90 Å². The van der Waals surface area contributed by atoms with Gasteiger partial charge in [0, 0.05) is 37.3 Å². The lowest BCUT2D eigenvalue weighted by molar-refractivity contribution is 0.560. The molecule has 0 aliphatic rings. The zero-order valence-electron chi connectivity index (χ0n) is 11.8. The molecule has 0 aliphatic heterocycles. The quantitative estimate of drug-likeness (QED) is 0.653. The van der Waals surface area contributed by atoms with Crippen molar-refractivity contribution in [2.24, 2.45) is 0 Å². The van der Waals surface area contributed by atoms with E-state index in [1.165, 1.54) is 17.5 Å². The van der Waals surface area contributed by atoms with Crippen LogP contribution in [-0.4, -0.2) is 43.3 Å². The van der Waals surface area contributed by atoms with Gasteiger partial charge in [-0.1, -0.05) is 0 Å². The third-order valence-electron chi connectivity index (χ3n) is 2.85. The fourth-order valence-corrected chi connectivity index (χ4v) is 3.38. The Labute approximate surface area is 128 Å². The summed E-state index contributed by atoms with van der Waals surface area (Å²) in [6.45, 7) is 1.89. The standard InChI is InChI=1S/C12H19N5O2S2/c1-13-4-2-7-17-10-11(9-15-17)21(18,19)16-5-3-12-14-6-8-20-12/h6,8-10,13,16H,2-5,7H2,1H3. The molecule has 2 N–H and O–H groups in total. The van der Waals surface area contributed by atoms with Crippen molar-refractivity contribution in [1.29, 1.82) is 0 Å². The van der Waals surface area contributed by atoms with E-state index < -0.39 is 10.0 Å². The van der Waals surface area contributed by atoms with Gasteiger partial charge >= 0.3 is 0 Å². The molecule has 116 valence electrons. The molecule has 2 heterocycles. The first-order valence-electron chi connectivity index (χ1n) is 6.67. The van der Waals surface area contributed by atoms with Crippen molar-refractivity contribution >= 4 is 21.4 Å². The highest BCUT2D eigenvalue weighted by atomic mass is 32.2. The molecule has 2 aromatic rings. The molecular weight excluding hydrogens is 310 g/mol. The zero-order chi connectivity index (χ0) is 15.1. The average Bonchev–Trinajstić information content (AvgIpc) is 3.10. The predicted molar refractivity (Wildman–Crippen MR) is 81.8 cm³/mol. The van der Waals surface area contributed by atoms with Crippen LogP contribution in [-0.2, 0) is 23.0 Å². The first-order chi connectivity index (χ1) is 10.1. The van der Waals surface area contributed by atoms with Crippen LogP contribution in [0.1, 0.15) is 11.4 Å². The Kier molecular flexibility index (Phi) is 5.85. The van der Waals surface area contributed by atoms with Crippen molar-refractivity contribution in [2.75, 3.05) is 20.1 Å². The normalized spacial score (nSPS) is 11.9. The molecule has 0 atom stereocenters. The highest BCUT2D eigenvalue weighted by Crippen LogP contribution is 2.08. The molecule has 0 aliphatic carbocycles. The molecule has 0 aromatic carbocycles. The van der Waals surface area contributed by atoms with Gasteiger partial charge in [0.05, 0.1) is 11.2 Å². The molecule has 9 heteroatoms. The van der Waals surface area contributed by atoms with Gasteiger partial charge < -0.3 is 5.32 Å². The highest BCUT2D eigenvalue weighted by molar-refractivity contribution is 7.89. The molecule has 0 bridgehead atoms. The average molecular weight is 329 g/mol. The van der Waals surface area contributed by atoms with Gasteiger partial charge in [0.15, 0.2) is 0 Å². The number of hydrogen-bond acceptors (Lipinski definition) is 6. The first kappa shape index (κ1) is 16.1. The van der Waals surface area contributed by atoms with E-state index in [9.17, 15) is 8.42 Å². The second-order valence-electron chi connectivity index (χ2n) is 4.47. The molecule has 0 amide bonds. The second-order valence-corrected chi connectivity index (χ2v) is 7.22. The topological polar surface area (TPSA) is 88.9 Å². The summed E-state index contributed by atoms with van der Waals surface area (Å²) >= 11 is 1.52. The summed E-state index contributed by atoms with van der Waals surface area (Å²) in [6, 6.07) is 0. The molecule has 0 fully saturated rings. The van der Waals surface area contributed by atoms with Gasteiger partial charge in [-0.05, 0) is 20.0 Å². The van der Waals surface area contributed by atoms with Crippen LogP contribution in [0.3, 0.4) is 0 Å². The predicted octanol–water partition coefficient (Wildman–Crippen LogP) is 0.470. The Hall–Kier alpha value is -1.29. The number of aryl methyl sites for hydroxylation is 1. The minimum Gasteiger partial charge on any atom is -0.320 e. The number of nitrogens with zero attached hydrogens (tertiary/aromatic N) is 3. The molecule has 0 saturated carbocycles. The zero-order valence-corrected chi connectivity index (χ0v) is 13.5. The van der Waals surface area contributed by atoms with E-state index in [0.29, 0.717) is 19.5 Å². The molecule has 0 spiro atoms. The van der Waals surface area contributed by atoms with Crippen LogP contribution < -0.4 is 10.0 Å². The van der Waals surface area contributed by atoms with Crippen LogP contribution in [0, 0.1) is 0 Å². The van der Waals surface area contributed by atoms with E-state index in [2.05, 4.69) is 20.1 Å². The Morgan fingerprint density at radius 1 is 1.38 bits per heavy atom. The third-order valence-corrected chi connectivity index (χ3v) is 5.10. The lowest BCUT2D eigenvalue weighted by Crippen LogP contribution is -2.25.